The molecule has 0 bridgehead atoms. The second-order valence-corrected chi connectivity index (χ2v) is 4.04. The molecule has 1 aliphatic rings. The minimum atomic E-state index is 0.374. The van der Waals surface area contributed by atoms with Crippen molar-refractivity contribution in [1.82, 2.24) is 5.32 Å². The molecule has 4 heteroatoms. The normalized spacial score (nSPS) is 19.9. The van der Waals surface area contributed by atoms with Gasteiger partial charge in [-0.1, -0.05) is 12.1 Å². The van der Waals surface area contributed by atoms with Crippen LogP contribution in [0, 0.1) is 0 Å². The number of anilines is 1. The summed E-state index contributed by atoms with van der Waals surface area (Å²) in [6.45, 7) is 6.04. The van der Waals surface area contributed by atoms with Gasteiger partial charge in [0.2, 0.25) is 0 Å². The van der Waals surface area contributed by atoms with Crippen LogP contribution in [0.3, 0.4) is 0 Å². The van der Waals surface area contributed by atoms with Gasteiger partial charge in [0.15, 0.2) is 0 Å². The van der Waals surface area contributed by atoms with Gasteiger partial charge in [0, 0.05) is 19.1 Å². The monoisotopic (exact) mass is 236 g/mol. The Balaban J connectivity index is 1.88. The predicted octanol–water partition coefficient (Wildman–Crippen LogP) is 1.49. The van der Waals surface area contributed by atoms with Crippen LogP contribution in [-0.4, -0.2) is 39.0 Å². The molecular formula is C13H20N2O2. The summed E-state index contributed by atoms with van der Waals surface area (Å²) in [5.74, 6) is 0.909. The van der Waals surface area contributed by atoms with E-state index in [1.807, 2.05) is 31.2 Å². The van der Waals surface area contributed by atoms with Gasteiger partial charge in [-0.3, -0.25) is 0 Å². The van der Waals surface area contributed by atoms with Gasteiger partial charge in [0.1, 0.15) is 5.75 Å². The molecule has 17 heavy (non-hydrogen) atoms. The molecule has 1 heterocycles. The highest BCUT2D eigenvalue weighted by Gasteiger charge is 2.13. The third-order valence-corrected chi connectivity index (χ3v) is 2.72. The Morgan fingerprint density at radius 2 is 2.35 bits per heavy atom. The van der Waals surface area contributed by atoms with E-state index >= 15 is 0 Å². The number of benzene rings is 1. The van der Waals surface area contributed by atoms with Gasteiger partial charge >= 0.3 is 0 Å². The van der Waals surface area contributed by atoms with Crippen LogP contribution in [-0.2, 0) is 4.74 Å². The van der Waals surface area contributed by atoms with Crippen LogP contribution in [0.25, 0.3) is 0 Å². The fourth-order valence-corrected chi connectivity index (χ4v) is 1.88. The lowest BCUT2D eigenvalue weighted by Gasteiger charge is -2.24. The van der Waals surface area contributed by atoms with Crippen molar-refractivity contribution in [3.63, 3.8) is 0 Å². The Kier molecular flexibility index (Phi) is 4.64. The minimum Gasteiger partial charge on any atom is -0.492 e. The van der Waals surface area contributed by atoms with Gasteiger partial charge in [-0.05, 0) is 19.1 Å². The van der Waals surface area contributed by atoms with Crippen LogP contribution in [0.2, 0.25) is 0 Å². The molecule has 2 N–H and O–H groups in total. The zero-order chi connectivity index (χ0) is 11.9. The summed E-state index contributed by atoms with van der Waals surface area (Å²) < 4.78 is 11.0. The van der Waals surface area contributed by atoms with Gasteiger partial charge < -0.3 is 20.1 Å². The second kappa shape index (κ2) is 6.47. The van der Waals surface area contributed by atoms with Crippen molar-refractivity contribution in [3.05, 3.63) is 24.3 Å². The molecule has 0 radical (unpaired) electrons. The summed E-state index contributed by atoms with van der Waals surface area (Å²) in [5, 5.41) is 6.81. The lowest BCUT2D eigenvalue weighted by Crippen LogP contribution is -2.45. The van der Waals surface area contributed by atoms with E-state index in [4.69, 9.17) is 9.47 Å². The summed E-state index contributed by atoms with van der Waals surface area (Å²) in [6, 6.07) is 8.39. The van der Waals surface area contributed by atoms with Crippen LogP contribution in [0.5, 0.6) is 5.75 Å². The average molecular weight is 236 g/mol. The number of rotatable bonds is 5. The highest BCUT2D eigenvalue weighted by atomic mass is 16.5. The first-order valence-corrected chi connectivity index (χ1v) is 6.17. The van der Waals surface area contributed by atoms with E-state index in [2.05, 4.69) is 10.6 Å². The molecule has 1 aromatic carbocycles. The third kappa shape index (κ3) is 3.61. The van der Waals surface area contributed by atoms with Gasteiger partial charge in [0.05, 0.1) is 25.5 Å². The Morgan fingerprint density at radius 3 is 3.12 bits per heavy atom. The van der Waals surface area contributed by atoms with Crippen LogP contribution in [0.4, 0.5) is 5.69 Å². The first-order valence-electron chi connectivity index (χ1n) is 6.17. The highest BCUT2D eigenvalue weighted by molar-refractivity contribution is 5.56. The summed E-state index contributed by atoms with van der Waals surface area (Å²) in [4.78, 5) is 0. The van der Waals surface area contributed by atoms with Crippen molar-refractivity contribution in [2.75, 3.05) is 38.2 Å². The number of hydrogen-bond acceptors (Lipinski definition) is 4. The van der Waals surface area contributed by atoms with Crippen molar-refractivity contribution in [3.8, 4) is 5.75 Å². The van der Waals surface area contributed by atoms with E-state index < -0.39 is 0 Å². The molecular weight excluding hydrogens is 216 g/mol. The second-order valence-electron chi connectivity index (χ2n) is 4.04. The third-order valence-electron chi connectivity index (χ3n) is 2.72. The summed E-state index contributed by atoms with van der Waals surface area (Å²) in [5.41, 5.74) is 1.04. The molecule has 1 fully saturated rings. The zero-order valence-corrected chi connectivity index (χ0v) is 10.2. The Bertz CT molecular complexity index is 338. The summed E-state index contributed by atoms with van der Waals surface area (Å²) >= 11 is 0. The van der Waals surface area contributed by atoms with E-state index in [1.54, 1.807) is 0 Å². The molecule has 1 atom stereocenters. The van der Waals surface area contributed by atoms with E-state index in [-0.39, 0.29) is 0 Å². The fraction of sp³-hybridized carbons (Fsp3) is 0.538. The maximum Gasteiger partial charge on any atom is 0.142 e. The highest BCUT2D eigenvalue weighted by Crippen LogP contribution is 2.23. The number of ether oxygens (including phenoxy) is 2. The molecule has 2 rings (SSSR count). The van der Waals surface area contributed by atoms with E-state index in [9.17, 15) is 0 Å². The topological polar surface area (TPSA) is 42.5 Å². The number of nitrogens with one attached hydrogen (secondary N) is 2. The standard InChI is InChI=1S/C13H20N2O2/c1-2-17-13-6-4-3-5-12(13)15-9-11-10-16-8-7-14-11/h3-6,11,14-15H,2,7-10H2,1H3. The van der Waals surface area contributed by atoms with Gasteiger partial charge in [-0.25, -0.2) is 0 Å². The van der Waals surface area contributed by atoms with E-state index in [0.29, 0.717) is 12.6 Å². The van der Waals surface area contributed by atoms with Gasteiger partial charge in [-0.2, -0.15) is 0 Å². The molecule has 1 aliphatic heterocycles. The van der Waals surface area contributed by atoms with Crippen molar-refractivity contribution >= 4 is 5.69 Å². The maximum absolute atomic E-state index is 5.56. The van der Waals surface area contributed by atoms with Crippen LogP contribution < -0.4 is 15.4 Å². The molecule has 4 nitrogen and oxygen atoms in total. The Morgan fingerprint density at radius 1 is 1.47 bits per heavy atom. The number of morpholine rings is 1. The van der Waals surface area contributed by atoms with Gasteiger partial charge in [0.25, 0.3) is 0 Å². The first-order chi connectivity index (χ1) is 8.40. The average Bonchev–Trinajstić information content (AvgIpc) is 2.39. The van der Waals surface area contributed by atoms with Crippen molar-refractivity contribution in [2.45, 2.75) is 13.0 Å². The molecule has 1 aromatic rings. The minimum absolute atomic E-state index is 0.374. The van der Waals surface area contributed by atoms with E-state index in [0.717, 1.165) is 37.7 Å². The largest absolute Gasteiger partial charge is 0.492 e. The fourth-order valence-electron chi connectivity index (χ4n) is 1.88. The Hall–Kier alpha value is -1.26. The van der Waals surface area contributed by atoms with Crippen molar-refractivity contribution < 1.29 is 9.47 Å². The Labute approximate surface area is 102 Å². The molecule has 0 saturated carbocycles. The quantitative estimate of drug-likeness (QED) is 0.813. The van der Waals surface area contributed by atoms with Crippen molar-refractivity contribution in [2.24, 2.45) is 0 Å². The van der Waals surface area contributed by atoms with Crippen LogP contribution in [0.15, 0.2) is 24.3 Å². The molecule has 0 aliphatic carbocycles. The van der Waals surface area contributed by atoms with Gasteiger partial charge in [-0.15, -0.1) is 0 Å². The van der Waals surface area contributed by atoms with E-state index in [1.165, 1.54) is 0 Å². The number of hydrogen-bond donors (Lipinski definition) is 2. The summed E-state index contributed by atoms with van der Waals surface area (Å²) in [7, 11) is 0. The maximum atomic E-state index is 5.56. The lowest BCUT2D eigenvalue weighted by atomic mass is 10.2. The smallest absolute Gasteiger partial charge is 0.142 e. The summed E-state index contributed by atoms with van der Waals surface area (Å²) in [6.07, 6.45) is 0. The van der Waals surface area contributed by atoms with Crippen LogP contribution >= 0.6 is 0 Å². The molecule has 0 amide bonds. The zero-order valence-electron chi connectivity index (χ0n) is 10.2. The first kappa shape index (κ1) is 12.2. The molecule has 1 saturated heterocycles. The predicted molar refractivity (Wildman–Crippen MR) is 68.7 cm³/mol. The van der Waals surface area contributed by atoms with Crippen molar-refractivity contribution in [1.29, 1.82) is 0 Å². The van der Waals surface area contributed by atoms with Crippen LogP contribution in [0.1, 0.15) is 6.92 Å². The molecule has 0 spiro atoms. The lowest BCUT2D eigenvalue weighted by molar-refractivity contribution is 0.0806. The molecule has 1 unspecified atom stereocenters. The molecule has 0 aromatic heterocycles. The molecule has 94 valence electrons. The number of para-hydroxylation sites is 2. The SMILES string of the molecule is CCOc1ccccc1NCC1COCCN1.